The van der Waals surface area contributed by atoms with E-state index in [-0.39, 0.29) is 6.04 Å². The van der Waals surface area contributed by atoms with Crippen LogP contribution < -0.4 is 5.32 Å². The van der Waals surface area contributed by atoms with E-state index in [1.54, 1.807) is 11.3 Å². The van der Waals surface area contributed by atoms with Crippen molar-refractivity contribution in [1.82, 2.24) is 5.32 Å². The van der Waals surface area contributed by atoms with Crippen LogP contribution in [0.15, 0.2) is 35.0 Å². The molecule has 1 atom stereocenters. The third-order valence-corrected chi connectivity index (χ3v) is 4.24. The lowest BCUT2D eigenvalue weighted by Crippen LogP contribution is -2.23. The van der Waals surface area contributed by atoms with Gasteiger partial charge >= 0.3 is 0 Å². The summed E-state index contributed by atoms with van der Waals surface area (Å²) in [6.07, 6.45) is 1.12. The molecule has 0 bridgehead atoms. The van der Waals surface area contributed by atoms with Crippen molar-refractivity contribution in [2.45, 2.75) is 26.3 Å². The molecule has 1 aromatic carbocycles. The van der Waals surface area contributed by atoms with E-state index in [1.165, 1.54) is 11.1 Å². The molecule has 0 amide bonds. The Bertz CT molecular complexity index is 507. The van der Waals surface area contributed by atoms with Crippen molar-refractivity contribution in [3.63, 3.8) is 0 Å². The number of hydrogen-bond acceptors (Lipinski definition) is 2. The summed E-state index contributed by atoms with van der Waals surface area (Å²) in [4.78, 5) is 0. The largest absolute Gasteiger partial charge is 0.306 e. The van der Waals surface area contributed by atoms with E-state index in [4.69, 9.17) is 11.6 Å². The highest BCUT2D eigenvalue weighted by Gasteiger charge is 2.18. The fraction of sp³-hybridized carbons (Fsp3) is 0.333. The SMILES string of the molecule is CCCNC(c1cscc1C)c1ccccc1Cl. The van der Waals surface area contributed by atoms with Crippen LogP contribution in [0.4, 0.5) is 0 Å². The van der Waals surface area contributed by atoms with E-state index in [1.807, 2.05) is 18.2 Å². The van der Waals surface area contributed by atoms with Crippen LogP contribution >= 0.6 is 22.9 Å². The van der Waals surface area contributed by atoms with Gasteiger partial charge in [0.15, 0.2) is 0 Å². The first kappa shape index (κ1) is 13.6. The minimum absolute atomic E-state index is 0.199. The Balaban J connectivity index is 2.37. The third-order valence-electron chi connectivity index (χ3n) is 3.02. The highest BCUT2D eigenvalue weighted by atomic mass is 35.5. The van der Waals surface area contributed by atoms with Gasteiger partial charge in [-0.15, -0.1) is 0 Å². The van der Waals surface area contributed by atoms with E-state index < -0.39 is 0 Å². The van der Waals surface area contributed by atoms with E-state index in [0.717, 1.165) is 23.6 Å². The van der Waals surface area contributed by atoms with Gasteiger partial charge in [-0.25, -0.2) is 0 Å². The molecule has 1 nitrogen and oxygen atoms in total. The van der Waals surface area contributed by atoms with E-state index >= 15 is 0 Å². The maximum Gasteiger partial charge on any atom is 0.0602 e. The van der Waals surface area contributed by atoms with Gasteiger partial charge in [0, 0.05) is 5.02 Å². The van der Waals surface area contributed by atoms with Crippen LogP contribution in [0, 0.1) is 6.92 Å². The highest BCUT2D eigenvalue weighted by molar-refractivity contribution is 7.08. The first-order chi connectivity index (χ1) is 8.74. The van der Waals surface area contributed by atoms with Gasteiger partial charge in [0.25, 0.3) is 0 Å². The average molecular weight is 280 g/mol. The fourth-order valence-electron chi connectivity index (χ4n) is 2.05. The minimum Gasteiger partial charge on any atom is -0.306 e. The van der Waals surface area contributed by atoms with Gasteiger partial charge in [-0.05, 0) is 53.4 Å². The van der Waals surface area contributed by atoms with Gasteiger partial charge < -0.3 is 5.32 Å². The van der Waals surface area contributed by atoms with Crippen LogP contribution in [-0.2, 0) is 0 Å². The molecular weight excluding hydrogens is 262 g/mol. The van der Waals surface area contributed by atoms with Gasteiger partial charge in [0.05, 0.1) is 6.04 Å². The number of benzene rings is 1. The number of aryl methyl sites for hydroxylation is 1. The van der Waals surface area contributed by atoms with Crippen molar-refractivity contribution in [1.29, 1.82) is 0 Å². The summed E-state index contributed by atoms with van der Waals surface area (Å²) in [6, 6.07) is 8.28. The van der Waals surface area contributed by atoms with Gasteiger partial charge in [-0.2, -0.15) is 11.3 Å². The molecule has 0 aliphatic rings. The molecule has 1 N–H and O–H groups in total. The Morgan fingerprint density at radius 3 is 2.61 bits per heavy atom. The predicted molar refractivity (Wildman–Crippen MR) is 80.6 cm³/mol. The van der Waals surface area contributed by atoms with Gasteiger partial charge in [0.2, 0.25) is 0 Å². The zero-order valence-corrected chi connectivity index (χ0v) is 12.3. The van der Waals surface area contributed by atoms with E-state index in [0.29, 0.717) is 0 Å². The molecule has 2 aromatic rings. The summed E-state index contributed by atoms with van der Waals surface area (Å²) in [6.45, 7) is 5.33. The molecule has 0 saturated heterocycles. The minimum atomic E-state index is 0.199. The van der Waals surface area contributed by atoms with Crippen LogP contribution in [0.2, 0.25) is 5.02 Å². The van der Waals surface area contributed by atoms with Gasteiger partial charge in [0.1, 0.15) is 0 Å². The van der Waals surface area contributed by atoms with Crippen molar-refractivity contribution in [3.05, 3.63) is 56.7 Å². The number of thiophene rings is 1. The molecule has 1 aromatic heterocycles. The summed E-state index contributed by atoms with van der Waals surface area (Å²) in [5.74, 6) is 0. The lowest BCUT2D eigenvalue weighted by Gasteiger charge is -2.20. The summed E-state index contributed by atoms with van der Waals surface area (Å²) < 4.78 is 0. The molecule has 1 heterocycles. The van der Waals surface area contributed by atoms with Crippen LogP contribution in [0.3, 0.4) is 0 Å². The molecule has 0 fully saturated rings. The second kappa shape index (κ2) is 6.37. The van der Waals surface area contributed by atoms with Crippen LogP contribution in [0.25, 0.3) is 0 Å². The molecule has 18 heavy (non-hydrogen) atoms. The van der Waals surface area contributed by atoms with Crippen molar-refractivity contribution >= 4 is 22.9 Å². The first-order valence-corrected chi connectivity index (χ1v) is 7.56. The molecule has 2 rings (SSSR count). The lowest BCUT2D eigenvalue weighted by atomic mass is 9.98. The van der Waals surface area contributed by atoms with Crippen LogP contribution in [0.1, 0.15) is 36.1 Å². The molecule has 0 aliphatic heterocycles. The molecule has 96 valence electrons. The molecule has 1 unspecified atom stereocenters. The molecule has 0 radical (unpaired) electrons. The highest BCUT2D eigenvalue weighted by Crippen LogP contribution is 2.31. The molecule has 0 spiro atoms. The maximum atomic E-state index is 6.33. The average Bonchev–Trinajstić information content (AvgIpc) is 2.78. The summed E-state index contributed by atoms with van der Waals surface area (Å²) in [5, 5.41) is 8.82. The Morgan fingerprint density at radius 2 is 2.00 bits per heavy atom. The standard InChI is InChI=1S/C15H18ClNS/c1-3-8-17-15(13-10-18-9-11(13)2)12-6-4-5-7-14(12)16/h4-7,9-10,15,17H,3,8H2,1-2H3. The monoisotopic (exact) mass is 279 g/mol. The summed E-state index contributed by atoms with van der Waals surface area (Å²) in [7, 11) is 0. The summed E-state index contributed by atoms with van der Waals surface area (Å²) >= 11 is 8.08. The van der Waals surface area contributed by atoms with Crippen LogP contribution in [0.5, 0.6) is 0 Å². The van der Waals surface area contributed by atoms with E-state index in [2.05, 4.69) is 36.0 Å². The summed E-state index contributed by atoms with van der Waals surface area (Å²) in [5.41, 5.74) is 3.82. The zero-order valence-electron chi connectivity index (χ0n) is 10.7. The third kappa shape index (κ3) is 2.94. The second-order valence-electron chi connectivity index (χ2n) is 4.42. The number of nitrogens with one attached hydrogen (secondary N) is 1. The number of hydrogen-bond donors (Lipinski definition) is 1. The van der Waals surface area contributed by atoms with E-state index in [9.17, 15) is 0 Å². The quantitative estimate of drug-likeness (QED) is 0.829. The number of halogens is 1. The topological polar surface area (TPSA) is 12.0 Å². The number of rotatable bonds is 5. The van der Waals surface area contributed by atoms with Gasteiger partial charge in [-0.3, -0.25) is 0 Å². The first-order valence-electron chi connectivity index (χ1n) is 6.24. The van der Waals surface area contributed by atoms with Gasteiger partial charge in [-0.1, -0.05) is 36.7 Å². The molecule has 0 aliphatic carbocycles. The lowest BCUT2D eigenvalue weighted by molar-refractivity contribution is 0.598. The van der Waals surface area contributed by atoms with Crippen molar-refractivity contribution in [3.8, 4) is 0 Å². The predicted octanol–water partition coefficient (Wildman–Crippen LogP) is 4.80. The second-order valence-corrected chi connectivity index (χ2v) is 5.57. The molecule has 3 heteroatoms. The maximum absolute atomic E-state index is 6.33. The molecule has 0 saturated carbocycles. The Kier molecular flexibility index (Phi) is 4.81. The van der Waals surface area contributed by atoms with Crippen molar-refractivity contribution < 1.29 is 0 Å². The smallest absolute Gasteiger partial charge is 0.0602 e. The Morgan fingerprint density at radius 1 is 1.22 bits per heavy atom. The van der Waals surface area contributed by atoms with Crippen LogP contribution in [-0.4, -0.2) is 6.54 Å². The normalized spacial score (nSPS) is 12.6. The molecular formula is C15H18ClNS. The Labute approximate surface area is 118 Å². The fourth-order valence-corrected chi connectivity index (χ4v) is 3.17. The Hall–Kier alpha value is -0.830. The zero-order chi connectivity index (χ0) is 13.0. The van der Waals surface area contributed by atoms with Crippen molar-refractivity contribution in [2.24, 2.45) is 0 Å². The van der Waals surface area contributed by atoms with Crippen molar-refractivity contribution in [2.75, 3.05) is 6.54 Å².